The van der Waals surface area contributed by atoms with Crippen molar-refractivity contribution in [2.45, 2.75) is 31.5 Å². The molecule has 6 heteroatoms. The maximum absolute atomic E-state index is 12.8. The molecule has 142 valence electrons. The van der Waals surface area contributed by atoms with Crippen LogP contribution in [0.2, 0.25) is 0 Å². The molecule has 0 spiro atoms. The molecule has 1 saturated carbocycles. The van der Waals surface area contributed by atoms with Gasteiger partial charge in [0.2, 0.25) is 0 Å². The van der Waals surface area contributed by atoms with Gasteiger partial charge in [-0.25, -0.2) is 4.79 Å². The first kappa shape index (κ1) is 17.0. The van der Waals surface area contributed by atoms with Crippen molar-refractivity contribution in [3.05, 3.63) is 71.3 Å². The topological polar surface area (TPSA) is 66.9 Å². The minimum absolute atomic E-state index is 0.162. The lowest BCUT2D eigenvalue weighted by molar-refractivity contribution is 0.0413. The van der Waals surface area contributed by atoms with E-state index in [1.165, 1.54) is 4.90 Å². The molecular weight excluding hydrogens is 356 g/mol. The minimum atomic E-state index is -0.377. The third-order valence-corrected chi connectivity index (χ3v) is 5.90. The van der Waals surface area contributed by atoms with Gasteiger partial charge in [0.15, 0.2) is 0 Å². The number of hydrogen-bond donors (Lipinski definition) is 0. The van der Waals surface area contributed by atoms with E-state index in [-0.39, 0.29) is 36.6 Å². The first-order chi connectivity index (χ1) is 13.6. The van der Waals surface area contributed by atoms with Crippen LogP contribution in [-0.2, 0) is 11.3 Å². The van der Waals surface area contributed by atoms with Gasteiger partial charge in [0.25, 0.3) is 11.8 Å². The first-order valence-corrected chi connectivity index (χ1v) is 9.57. The smallest absolute Gasteiger partial charge is 0.410 e. The van der Waals surface area contributed by atoms with Crippen molar-refractivity contribution in [3.8, 4) is 0 Å². The number of likely N-dealkylation sites (tertiary alicyclic amines) is 1. The Bertz CT molecular complexity index is 923. The molecule has 6 nitrogen and oxygen atoms in total. The summed E-state index contributed by atoms with van der Waals surface area (Å²) in [5.41, 5.74) is 1.82. The van der Waals surface area contributed by atoms with E-state index in [2.05, 4.69) is 0 Å². The fourth-order valence-corrected chi connectivity index (χ4v) is 4.39. The summed E-state index contributed by atoms with van der Waals surface area (Å²) < 4.78 is 5.49. The van der Waals surface area contributed by atoms with Crippen molar-refractivity contribution in [1.82, 2.24) is 9.80 Å². The van der Waals surface area contributed by atoms with E-state index in [0.29, 0.717) is 23.6 Å². The Morgan fingerprint density at radius 2 is 1.57 bits per heavy atom. The third kappa shape index (κ3) is 2.76. The number of ether oxygens (including phenoxy) is 1. The molecule has 0 N–H and O–H groups in total. The summed E-state index contributed by atoms with van der Waals surface area (Å²) in [7, 11) is 0. The molecule has 0 bridgehead atoms. The maximum Gasteiger partial charge on any atom is 0.410 e. The Morgan fingerprint density at radius 3 is 2.25 bits per heavy atom. The van der Waals surface area contributed by atoms with Crippen molar-refractivity contribution < 1.29 is 19.1 Å². The van der Waals surface area contributed by atoms with E-state index < -0.39 is 0 Å². The van der Waals surface area contributed by atoms with Gasteiger partial charge in [-0.05, 0) is 36.5 Å². The minimum Gasteiger partial charge on any atom is -0.445 e. The number of hydrogen-bond acceptors (Lipinski definition) is 4. The number of imide groups is 1. The fourth-order valence-electron chi connectivity index (χ4n) is 4.39. The molecule has 2 heterocycles. The second kappa shape index (κ2) is 6.48. The fraction of sp³-hybridized carbons (Fsp3) is 0.318. The molecule has 3 aliphatic rings. The zero-order valence-corrected chi connectivity index (χ0v) is 15.3. The molecule has 3 atom stereocenters. The van der Waals surface area contributed by atoms with E-state index in [0.717, 1.165) is 18.4 Å². The predicted octanol–water partition coefficient (Wildman–Crippen LogP) is 3.08. The van der Waals surface area contributed by atoms with E-state index in [9.17, 15) is 14.4 Å². The average Bonchev–Trinajstić information content (AvgIpc) is 3.47. The summed E-state index contributed by atoms with van der Waals surface area (Å²) in [6.07, 6.45) is 1.27. The number of rotatable bonds is 3. The van der Waals surface area contributed by atoms with Crippen molar-refractivity contribution in [2.75, 3.05) is 6.54 Å². The monoisotopic (exact) mass is 376 g/mol. The third-order valence-electron chi connectivity index (χ3n) is 5.90. The zero-order valence-electron chi connectivity index (χ0n) is 15.3. The van der Waals surface area contributed by atoms with Crippen molar-refractivity contribution >= 4 is 17.9 Å². The van der Waals surface area contributed by atoms with Gasteiger partial charge in [0.05, 0.1) is 17.2 Å². The number of carbonyl (C=O) groups excluding carboxylic acids is 3. The molecule has 0 aromatic heterocycles. The van der Waals surface area contributed by atoms with Gasteiger partial charge in [-0.3, -0.25) is 14.5 Å². The molecule has 5 rings (SSSR count). The lowest BCUT2D eigenvalue weighted by Crippen LogP contribution is -2.52. The Hall–Kier alpha value is -3.15. The SMILES string of the molecule is O=C(OCc1ccccc1)N1CC(N2C(=O)c3ccccc3C2=O)CC2CC21. The van der Waals surface area contributed by atoms with Crippen molar-refractivity contribution in [1.29, 1.82) is 0 Å². The van der Waals surface area contributed by atoms with Crippen LogP contribution in [0.1, 0.15) is 39.1 Å². The van der Waals surface area contributed by atoms with Crippen LogP contribution in [-0.4, -0.2) is 46.3 Å². The number of benzene rings is 2. The normalized spacial score (nSPS) is 25.4. The first-order valence-electron chi connectivity index (χ1n) is 9.57. The van der Waals surface area contributed by atoms with Gasteiger partial charge in [-0.1, -0.05) is 42.5 Å². The van der Waals surface area contributed by atoms with Crippen LogP contribution in [0.4, 0.5) is 4.79 Å². The Labute approximate surface area is 162 Å². The van der Waals surface area contributed by atoms with Gasteiger partial charge in [-0.15, -0.1) is 0 Å². The molecule has 2 aromatic rings. The van der Waals surface area contributed by atoms with Crippen LogP contribution in [0.25, 0.3) is 0 Å². The maximum atomic E-state index is 12.8. The second-order valence-electron chi connectivity index (χ2n) is 7.67. The highest BCUT2D eigenvalue weighted by Crippen LogP contribution is 2.45. The van der Waals surface area contributed by atoms with Crippen LogP contribution in [0.15, 0.2) is 54.6 Å². The molecule has 2 aromatic carbocycles. The molecule has 1 aliphatic carbocycles. The number of nitrogens with zero attached hydrogens (tertiary/aromatic N) is 2. The Kier molecular flexibility index (Phi) is 3.93. The summed E-state index contributed by atoms with van der Waals surface area (Å²) in [5.74, 6) is -0.197. The van der Waals surface area contributed by atoms with Crippen molar-refractivity contribution in [3.63, 3.8) is 0 Å². The van der Waals surface area contributed by atoms with Gasteiger partial charge in [0, 0.05) is 12.6 Å². The lowest BCUT2D eigenvalue weighted by atomic mass is 10.0. The highest BCUT2D eigenvalue weighted by Gasteiger charge is 2.53. The Morgan fingerprint density at radius 1 is 0.929 bits per heavy atom. The molecule has 1 saturated heterocycles. The highest BCUT2D eigenvalue weighted by molar-refractivity contribution is 6.21. The summed E-state index contributed by atoms with van der Waals surface area (Å²) in [6, 6.07) is 16.3. The zero-order chi connectivity index (χ0) is 19.3. The molecule has 3 amide bonds. The second-order valence-corrected chi connectivity index (χ2v) is 7.67. The average molecular weight is 376 g/mol. The van der Waals surface area contributed by atoms with Gasteiger partial charge in [0.1, 0.15) is 6.61 Å². The number of piperidine rings is 1. The predicted molar refractivity (Wildman–Crippen MR) is 101 cm³/mol. The summed E-state index contributed by atoms with van der Waals surface area (Å²) in [5, 5.41) is 0. The standard InChI is InChI=1S/C22H20N2O4/c25-20-17-8-4-5-9-18(17)21(26)24(20)16-10-15-11-19(15)23(12-16)22(27)28-13-14-6-2-1-3-7-14/h1-9,15-16,19H,10-13H2. The number of amides is 3. The van der Waals surface area contributed by atoms with E-state index in [4.69, 9.17) is 4.74 Å². The van der Waals surface area contributed by atoms with E-state index >= 15 is 0 Å². The van der Waals surface area contributed by atoms with Gasteiger partial charge in [-0.2, -0.15) is 0 Å². The van der Waals surface area contributed by atoms with Gasteiger partial charge < -0.3 is 9.64 Å². The molecule has 2 aliphatic heterocycles. The van der Waals surface area contributed by atoms with Gasteiger partial charge >= 0.3 is 6.09 Å². The van der Waals surface area contributed by atoms with Crippen LogP contribution < -0.4 is 0 Å². The highest BCUT2D eigenvalue weighted by atomic mass is 16.6. The molecular formula is C22H20N2O4. The summed E-state index contributed by atoms with van der Waals surface area (Å²) in [4.78, 5) is 41.3. The Balaban J connectivity index is 1.30. The number of fused-ring (bicyclic) bond motifs is 2. The largest absolute Gasteiger partial charge is 0.445 e. The lowest BCUT2D eigenvalue weighted by Gasteiger charge is -2.35. The van der Waals surface area contributed by atoms with Crippen LogP contribution in [0, 0.1) is 5.92 Å². The molecule has 2 fully saturated rings. The molecule has 0 radical (unpaired) electrons. The molecule has 28 heavy (non-hydrogen) atoms. The van der Waals surface area contributed by atoms with Crippen LogP contribution in [0.5, 0.6) is 0 Å². The summed E-state index contributed by atoms with van der Waals surface area (Å²) in [6.45, 7) is 0.547. The van der Waals surface area contributed by atoms with Crippen LogP contribution >= 0.6 is 0 Å². The van der Waals surface area contributed by atoms with E-state index in [1.807, 2.05) is 30.3 Å². The molecule has 3 unspecified atom stereocenters. The quantitative estimate of drug-likeness (QED) is 0.772. The summed E-state index contributed by atoms with van der Waals surface area (Å²) >= 11 is 0. The van der Waals surface area contributed by atoms with Crippen molar-refractivity contribution in [2.24, 2.45) is 5.92 Å². The van der Waals surface area contributed by atoms with Crippen LogP contribution in [0.3, 0.4) is 0 Å². The van der Waals surface area contributed by atoms with E-state index in [1.54, 1.807) is 29.2 Å². The number of carbonyl (C=O) groups is 3.